The van der Waals surface area contributed by atoms with E-state index in [0.29, 0.717) is 29.3 Å². The summed E-state index contributed by atoms with van der Waals surface area (Å²) in [5, 5.41) is 6.30. The monoisotopic (exact) mass is 371 g/mol. The van der Waals surface area contributed by atoms with E-state index in [0.717, 1.165) is 0 Å². The van der Waals surface area contributed by atoms with Gasteiger partial charge in [0, 0.05) is 25.4 Å². The minimum absolute atomic E-state index is 0.163. The molecule has 1 N–H and O–H groups in total. The second-order valence-corrected chi connectivity index (χ2v) is 8.30. The van der Waals surface area contributed by atoms with E-state index in [2.05, 4.69) is 15.4 Å². The van der Waals surface area contributed by atoms with Crippen LogP contribution >= 0.6 is 0 Å². The molecule has 1 fully saturated rings. The molecule has 0 radical (unpaired) electrons. The van der Waals surface area contributed by atoms with Gasteiger partial charge in [-0.3, -0.25) is 5.32 Å². The van der Waals surface area contributed by atoms with E-state index >= 15 is 0 Å². The minimum Gasteiger partial charge on any atom is -0.323 e. The van der Waals surface area contributed by atoms with Crippen molar-refractivity contribution in [3.8, 4) is 0 Å². The van der Waals surface area contributed by atoms with Gasteiger partial charge in [0.25, 0.3) is 0 Å². The first-order valence-corrected chi connectivity index (χ1v) is 9.74. The standard InChI is InChI=1S/C17H17N5O3S/c23-17(20-16-6-9-18-15-7-10-19-22(15)16)21-11-8-14(12-21)26(24,25)13-4-2-1-3-5-13/h1-7,9-10,14H,8,11-12H2,(H,20,23). The minimum atomic E-state index is -3.45. The zero-order chi connectivity index (χ0) is 18.1. The molecule has 134 valence electrons. The van der Waals surface area contributed by atoms with Gasteiger partial charge in [0.05, 0.1) is 16.3 Å². The number of aromatic nitrogens is 3. The maximum Gasteiger partial charge on any atom is 0.323 e. The Kier molecular flexibility index (Phi) is 4.08. The smallest absolute Gasteiger partial charge is 0.323 e. The van der Waals surface area contributed by atoms with Crippen molar-refractivity contribution < 1.29 is 13.2 Å². The molecule has 0 aliphatic carbocycles. The summed E-state index contributed by atoms with van der Waals surface area (Å²) < 4.78 is 27.0. The SMILES string of the molecule is O=C(Nc1ccnc2ccnn12)N1CCC(S(=O)(=O)c2ccccc2)C1. The second kappa shape index (κ2) is 6.41. The van der Waals surface area contributed by atoms with Gasteiger partial charge >= 0.3 is 6.03 Å². The first kappa shape index (κ1) is 16.5. The summed E-state index contributed by atoms with van der Waals surface area (Å²) in [6.45, 7) is 0.548. The number of hydrogen-bond donors (Lipinski definition) is 1. The largest absolute Gasteiger partial charge is 0.323 e. The predicted molar refractivity (Wildman–Crippen MR) is 95.6 cm³/mol. The molecule has 4 rings (SSSR count). The molecule has 2 aromatic heterocycles. The molecule has 0 bridgehead atoms. The summed E-state index contributed by atoms with van der Waals surface area (Å²) >= 11 is 0. The van der Waals surface area contributed by atoms with Crippen LogP contribution in [0.25, 0.3) is 5.65 Å². The highest BCUT2D eigenvalue weighted by Crippen LogP contribution is 2.24. The number of carbonyl (C=O) groups is 1. The molecule has 3 aromatic rings. The van der Waals surface area contributed by atoms with E-state index < -0.39 is 15.1 Å². The third-order valence-corrected chi connectivity index (χ3v) is 6.66. The molecular weight excluding hydrogens is 354 g/mol. The molecule has 26 heavy (non-hydrogen) atoms. The van der Waals surface area contributed by atoms with Crippen LogP contribution in [-0.2, 0) is 9.84 Å². The number of fused-ring (bicyclic) bond motifs is 1. The topological polar surface area (TPSA) is 96.7 Å². The average molecular weight is 371 g/mol. The lowest BCUT2D eigenvalue weighted by Gasteiger charge is -2.18. The number of benzene rings is 1. The lowest BCUT2D eigenvalue weighted by molar-refractivity contribution is 0.222. The highest BCUT2D eigenvalue weighted by Gasteiger charge is 2.36. The highest BCUT2D eigenvalue weighted by molar-refractivity contribution is 7.92. The molecule has 1 saturated heterocycles. The zero-order valence-electron chi connectivity index (χ0n) is 13.8. The zero-order valence-corrected chi connectivity index (χ0v) is 14.6. The maximum absolute atomic E-state index is 12.7. The van der Waals surface area contributed by atoms with E-state index in [-0.39, 0.29) is 12.6 Å². The van der Waals surface area contributed by atoms with Crippen LogP contribution in [0.15, 0.2) is 59.8 Å². The quantitative estimate of drug-likeness (QED) is 0.757. The van der Waals surface area contributed by atoms with Crippen molar-refractivity contribution in [3.63, 3.8) is 0 Å². The molecule has 1 unspecified atom stereocenters. The second-order valence-electron chi connectivity index (χ2n) is 6.08. The van der Waals surface area contributed by atoms with E-state index in [1.165, 1.54) is 9.42 Å². The number of likely N-dealkylation sites (tertiary alicyclic amines) is 1. The number of nitrogens with zero attached hydrogens (tertiary/aromatic N) is 4. The van der Waals surface area contributed by atoms with Gasteiger partial charge in [-0.1, -0.05) is 18.2 Å². The molecular formula is C17H17N5O3S. The van der Waals surface area contributed by atoms with Crippen molar-refractivity contribution in [1.82, 2.24) is 19.5 Å². The summed E-state index contributed by atoms with van der Waals surface area (Å²) in [6.07, 6.45) is 3.59. The Morgan fingerprint density at radius 1 is 1.12 bits per heavy atom. The van der Waals surface area contributed by atoms with Crippen molar-refractivity contribution in [3.05, 3.63) is 54.9 Å². The van der Waals surface area contributed by atoms with Gasteiger partial charge in [0.15, 0.2) is 15.5 Å². The Morgan fingerprint density at radius 3 is 2.73 bits per heavy atom. The molecule has 1 aromatic carbocycles. The lowest BCUT2D eigenvalue weighted by atomic mass is 10.4. The van der Waals surface area contributed by atoms with Crippen LogP contribution in [0.1, 0.15) is 6.42 Å². The van der Waals surface area contributed by atoms with Crippen molar-refractivity contribution >= 4 is 27.3 Å². The van der Waals surface area contributed by atoms with Gasteiger partial charge in [0.1, 0.15) is 5.82 Å². The van der Waals surface area contributed by atoms with Crippen LogP contribution in [-0.4, -0.2) is 52.3 Å². The van der Waals surface area contributed by atoms with Crippen LogP contribution in [0.4, 0.5) is 10.6 Å². The van der Waals surface area contributed by atoms with E-state index in [9.17, 15) is 13.2 Å². The van der Waals surface area contributed by atoms with Crippen LogP contribution < -0.4 is 5.32 Å². The Hall–Kier alpha value is -2.94. The van der Waals surface area contributed by atoms with Gasteiger partial charge in [-0.25, -0.2) is 18.2 Å². The number of urea groups is 1. The van der Waals surface area contributed by atoms with Crippen molar-refractivity contribution in [1.29, 1.82) is 0 Å². The predicted octanol–water partition coefficient (Wildman–Crippen LogP) is 1.81. The van der Waals surface area contributed by atoms with Crippen molar-refractivity contribution in [2.24, 2.45) is 0 Å². The van der Waals surface area contributed by atoms with Gasteiger partial charge in [0.2, 0.25) is 0 Å². The number of nitrogens with one attached hydrogen (secondary N) is 1. The van der Waals surface area contributed by atoms with Gasteiger partial charge in [-0.2, -0.15) is 9.61 Å². The first-order chi connectivity index (χ1) is 12.6. The molecule has 1 aliphatic rings. The number of hydrogen-bond acceptors (Lipinski definition) is 5. The molecule has 8 nitrogen and oxygen atoms in total. The normalized spacial score (nSPS) is 17.5. The Morgan fingerprint density at radius 2 is 1.92 bits per heavy atom. The van der Waals surface area contributed by atoms with E-state index in [4.69, 9.17) is 0 Å². The van der Waals surface area contributed by atoms with Crippen LogP contribution in [0.3, 0.4) is 0 Å². The fourth-order valence-electron chi connectivity index (χ4n) is 3.09. The number of carbonyl (C=O) groups excluding carboxylic acids is 1. The molecule has 3 heterocycles. The highest BCUT2D eigenvalue weighted by atomic mass is 32.2. The van der Waals surface area contributed by atoms with Crippen LogP contribution in [0.2, 0.25) is 0 Å². The van der Waals surface area contributed by atoms with Crippen molar-refractivity contribution in [2.75, 3.05) is 18.4 Å². The number of anilines is 1. The first-order valence-electron chi connectivity index (χ1n) is 8.19. The van der Waals surface area contributed by atoms with Gasteiger partial charge in [-0.15, -0.1) is 0 Å². The molecule has 0 spiro atoms. The molecule has 1 aliphatic heterocycles. The molecule has 1 atom stereocenters. The lowest BCUT2D eigenvalue weighted by Crippen LogP contribution is -2.35. The number of sulfone groups is 1. The number of rotatable bonds is 3. The number of amides is 2. The Balaban J connectivity index is 1.49. The van der Waals surface area contributed by atoms with Crippen LogP contribution in [0, 0.1) is 0 Å². The van der Waals surface area contributed by atoms with Crippen molar-refractivity contribution in [2.45, 2.75) is 16.6 Å². The fourth-order valence-corrected chi connectivity index (χ4v) is 4.80. The summed E-state index contributed by atoms with van der Waals surface area (Å²) in [4.78, 5) is 18.5. The third-order valence-electron chi connectivity index (χ3n) is 4.47. The van der Waals surface area contributed by atoms with Gasteiger partial charge in [-0.05, 0) is 24.6 Å². The molecule has 2 amide bonds. The average Bonchev–Trinajstić information content (AvgIpc) is 3.33. The summed E-state index contributed by atoms with van der Waals surface area (Å²) in [6, 6.07) is 11.4. The molecule has 0 saturated carbocycles. The summed E-state index contributed by atoms with van der Waals surface area (Å²) in [5.74, 6) is 0.486. The Bertz CT molecular complexity index is 1050. The van der Waals surface area contributed by atoms with Crippen LogP contribution in [0.5, 0.6) is 0 Å². The van der Waals surface area contributed by atoms with E-state index in [1.54, 1.807) is 54.9 Å². The third kappa shape index (κ3) is 2.90. The Labute approximate surface area is 150 Å². The van der Waals surface area contributed by atoms with E-state index in [1.807, 2.05) is 0 Å². The maximum atomic E-state index is 12.7. The van der Waals surface area contributed by atoms with Gasteiger partial charge < -0.3 is 4.90 Å². The molecule has 9 heteroatoms. The summed E-state index contributed by atoms with van der Waals surface area (Å²) in [7, 11) is -3.45. The fraction of sp³-hybridized carbons (Fsp3) is 0.235. The summed E-state index contributed by atoms with van der Waals surface area (Å²) in [5.41, 5.74) is 0.619.